The Morgan fingerprint density at radius 1 is 1.19 bits per heavy atom. The fourth-order valence-corrected chi connectivity index (χ4v) is 2.43. The average Bonchev–Trinajstić information content (AvgIpc) is 2.53. The van der Waals surface area contributed by atoms with Crippen LogP contribution in [-0.4, -0.2) is 19.3 Å². The summed E-state index contributed by atoms with van der Waals surface area (Å²) in [5.74, 6) is 0.862. The molecule has 1 N–H and O–H groups in total. The van der Waals surface area contributed by atoms with Crippen LogP contribution in [0.25, 0.3) is 0 Å². The van der Waals surface area contributed by atoms with Gasteiger partial charge in [-0.05, 0) is 48.6 Å². The number of ether oxygens (including phenoxy) is 1. The highest BCUT2D eigenvalue weighted by molar-refractivity contribution is 7.98. The molecule has 0 atom stereocenters. The second-order valence-electron chi connectivity index (χ2n) is 4.63. The molecule has 0 unspecified atom stereocenters. The summed E-state index contributed by atoms with van der Waals surface area (Å²) < 4.78 is 5.11. The van der Waals surface area contributed by atoms with E-state index in [1.165, 1.54) is 0 Å². The van der Waals surface area contributed by atoms with Crippen LogP contribution in [0.4, 0.5) is 5.69 Å². The van der Waals surface area contributed by atoms with Crippen molar-refractivity contribution in [1.82, 2.24) is 0 Å². The molecular formula is C17H19NO2S. The van der Waals surface area contributed by atoms with Gasteiger partial charge in [-0.25, -0.2) is 0 Å². The summed E-state index contributed by atoms with van der Waals surface area (Å²) in [7, 11) is 1.64. The Balaban J connectivity index is 1.86. The van der Waals surface area contributed by atoms with Crippen LogP contribution >= 0.6 is 11.8 Å². The van der Waals surface area contributed by atoms with Crippen molar-refractivity contribution in [3.63, 3.8) is 0 Å². The number of rotatable bonds is 6. The Kier molecular flexibility index (Phi) is 5.69. The molecule has 1 amide bonds. The van der Waals surface area contributed by atoms with Gasteiger partial charge in [-0.1, -0.05) is 18.2 Å². The van der Waals surface area contributed by atoms with Crippen molar-refractivity contribution < 1.29 is 9.53 Å². The number of carbonyl (C=O) groups is 1. The predicted octanol–water partition coefficient (Wildman–Crippen LogP) is 3.99. The van der Waals surface area contributed by atoms with Gasteiger partial charge in [0.1, 0.15) is 5.75 Å². The zero-order valence-corrected chi connectivity index (χ0v) is 13.1. The van der Waals surface area contributed by atoms with Crippen molar-refractivity contribution in [3.8, 4) is 5.75 Å². The lowest BCUT2D eigenvalue weighted by molar-refractivity contribution is -0.116. The molecule has 110 valence electrons. The molecule has 2 aromatic rings. The predicted molar refractivity (Wildman–Crippen MR) is 88.2 cm³/mol. The number of benzene rings is 2. The van der Waals surface area contributed by atoms with E-state index in [0.29, 0.717) is 6.42 Å². The molecule has 3 nitrogen and oxygen atoms in total. The molecule has 0 aliphatic rings. The topological polar surface area (TPSA) is 38.3 Å². The van der Waals surface area contributed by atoms with Crippen molar-refractivity contribution in [2.24, 2.45) is 0 Å². The van der Waals surface area contributed by atoms with E-state index in [-0.39, 0.29) is 5.91 Å². The number of aryl methyl sites for hydroxylation is 1. The van der Waals surface area contributed by atoms with E-state index in [4.69, 9.17) is 4.74 Å². The molecule has 0 saturated heterocycles. The molecule has 0 aromatic heterocycles. The second kappa shape index (κ2) is 7.74. The van der Waals surface area contributed by atoms with Crippen molar-refractivity contribution in [1.29, 1.82) is 0 Å². The van der Waals surface area contributed by atoms with E-state index in [0.717, 1.165) is 28.3 Å². The lowest BCUT2D eigenvalue weighted by atomic mass is 10.1. The molecule has 2 aromatic carbocycles. The monoisotopic (exact) mass is 301 g/mol. The highest BCUT2D eigenvalue weighted by Gasteiger charge is 2.04. The molecule has 0 spiro atoms. The summed E-state index contributed by atoms with van der Waals surface area (Å²) in [6, 6.07) is 15.7. The van der Waals surface area contributed by atoms with Crippen LogP contribution in [0.15, 0.2) is 53.4 Å². The Morgan fingerprint density at radius 2 is 1.95 bits per heavy atom. The molecule has 0 saturated carbocycles. The Labute approximate surface area is 129 Å². The van der Waals surface area contributed by atoms with Gasteiger partial charge in [-0.15, -0.1) is 11.8 Å². The number of hydrogen-bond acceptors (Lipinski definition) is 3. The lowest BCUT2D eigenvalue weighted by Gasteiger charge is -2.07. The van der Waals surface area contributed by atoms with Crippen LogP contribution < -0.4 is 10.1 Å². The maximum atomic E-state index is 12.0. The molecule has 0 radical (unpaired) electrons. The van der Waals surface area contributed by atoms with Crippen molar-refractivity contribution in [2.75, 3.05) is 18.7 Å². The van der Waals surface area contributed by atoms with Gasteiger partial charge >= 0.3 is 0 Å². The summed E-state index contributed by atoms with van der Waals surface area (Å²) in [5, 5.41) is 2.93. The minimum Gasteiger partial charge on any atom is -0.497 e. The minimum atomic E-state index is 0.0315. The van der Waals surface area contributed by atoms with Gasteiger partial charge in [-0.3, -0.25) is 4.79 Å². The summed E-state index contributed by atoms with van der Waals surface area (Å²) in [6.45, 7) is 0. The minimum absolute atomic E-state index is 0.0315. The van der Waals surface area contributed by atoms with Crippen LogP contribution in [0.3, 0.4) is 0 Å². The third-order valence-electron chi connectivity index (χ3n) is 3.15. The quantitative estimate of drug-likeness (QED) is 0.820. The molecule has 0 heterocycles. The number of amides is 1. The second-order valence-corrected chi connectivity index (χ2v) is 5.51. The molecule has 0 bridgehead atoms. The molecular weight excluding hydrogens is 282 g/mol. The largest absolute Gasteiger partial charge is 0.497 e. The third kappa shape index (κ3) is 4.83. The number of nitrogens with one attached hydrogen (secondary N) is 1. The number of anilines is 1. The molecule has 0 fully saturated rings. The summed E-state index contributed by atoms with van der Waals surface area (Å²) in [4.78, 5) is 13.1. The zero-order valence-electron chi connectivity index (χ0n) is 12.3. The maximum absolute atomic E-state index is 12.0. The van der Waals surface area contributed by atoms with Crippen LogP contribution in [0.2, 0.25) is 0 Å². The first-order valence-corrected chi connectivity index (χ1v) is 8.00. The van der Waals surface area contributed by atoms with Crippen molar-refractivity contribution >= 4 is 23.4 Å². The van der Waals surface area contributed by atoms with Gasteiger partial charge in [0, 0.05) is 17.0 Å². The van der Waals surface area contributed by atoms with Crippen molar-refractivity contribution in [3.05, 3.63) is 54.1 Å². The SMILES string of the molecule is COc1ccc(CCC(=O)Nc2cccc(SC)c2)cc1. The normalized spacial score (nSPS) is 10.2. The first-order valence-electron chi connectivity index (χ1n) is 6.78. The fraction of sp³-hybridized carbons (Fsp3) is 0.235. The van der Waals surface area contributed by atoms with Gasteiger partial charge in [0.25, 0.3) is 0 Å². The van der Waals surface area contributed by atoms with Gasteiger partial charge in [0.05, 0.1) is 7.11 Å². The fourth-order valence-electron chi connectivity index (χ4n) is 1.97. The van der Waals surface area contributed by atoms with E-state index >= 15 is 0 Å². The zero-order chi connectivity index (χ0) is 15.1. The van der Waals surface area contributed by atoms with Crippen LogP contribution in [0.5, 0.6) is 5.75 Å². The van der Waals surface area contributed by atoms with Crippen molar-refractivity contribution in [2.45, 2.75) is 17.7 Å². The third-order valence-corrected chi connectivity index (χ3v) is 3.88. The van der Waals surface area contributed by atoms with E-state index in [1.807, 2.05) is 54.8 Å². The van der Waals surface area contributed by atoms with Gasteiger partial charge in [-0.2, -0.15) is 0 Å². The van der Waals surface area contributed by atoms with Crippen LogP contribution in [0.1, 0.15) is 12.0 Å². The summed E-state index contributed by atoms with van der Waals surface area (Å²) >= 11 is 1.66. The highest BCUT2D eigenvalue weighted by atomic mass is 32.2. The molecule has 0 aliphatic heterocycles. The Hall–Kier alpha value is -1.94. The number of carbonyl (C=O) groups excluding carboxylic acids is 1. The molecule has 4 heteroatoms. The molecule has 21 heavy (non-hydrogen) atoms. The standard InChI is InChI=1S/C17H19NO2S/c1-20-15-9-6-13(7-10-15)8-11-17(19)18-14-4-3-5-16(12-14)21-2/h3-7,9-10,12H,8,11H2,1-2H3,(H,18,19). The Bertz CT molecular complexity index is 596. The molecule has 2 rings (SSSR count). The highest BCUT2D eigenvalue weighted by Crippen LogP contribution is 2.19. The Morgan fingerprint density at radius 3 is 2.62 bits per heavy atom. The van der Waals surface area contributed by atoms with E-state index in [9.17, 15) is 4.79 Å². The number of thioether (sulfide) groups is 1. The molecule has 0 aliphatic carbocycles. The first kappa shape index (κ1) is 15.4. The van der Waals surface area contributed by atoms with E-state index < -0.39 is 0 Å². The smallest absolute Gasteiger partial charge is 0.224 e. The summed E-state index contributed by atoms with van der Waals surface area (Å²) in [6.07, 6.45) is 3.21. The number of methoxy groups -OCH3 is 1. The van der Waals surface area contributed by atoms with E-state index in [2.05, 4.69) is 5.32 Å². The maximum Gasteiger partial charge on any atom is 0.224 e. The van der Waals surface area contributed by atoms with E-state index in [1.54, 1.807) is 18.9 Å². The van der Waals surface area contributed by atoms with Gasteiger partial charge in [0.15, 0.2) is 0 Å². The van der Waals surface area contributed by atoms with Gasteiger partial charge < -0.3 is 10.1 Å². The average molecular weight is 301 g/mol. The number of hydrogen-bond donors (Lipinski definition) is 1. The van der Waals surface area contributed by atoms with Crippen LogP contribution in [-0.2, 0) is 11.2 Å². The lowest BCUT2D eigenvalue weighted by Crippen LogP contribution is -2.12. The first-order chi connectivity index (χ1) is 10.2. The van der Waals surface area contributed by atoms with Crippen LogP contribution in [0, 0.1) is 0 Å². The van der Waals surface area contributed by atoms with Gasteiger partial charge in [0.2, 0.25) is 5.91 Å². The summed E-state index contributed by atoms with van der Waals surface area (Å²) in [5.41, 5.74) is 1.98.